The Morgan fingerprint density at radius 2 is 1.89 bits per heavy atom. The van der Waals surface area contributed by atoms with Gasteiger partial charge in [0, 0.05) is 18.7 Å². The first-order valence-electron chi connectivity index (χ1n) is 8.47. The van der Waals surface area contributed by atoms with Gasteiger partial charge in [-0.15, -0.1) is 0 Å². The van der Waals surface area contributed by atoms with Crippen molar-refractivity contribution in [2.24, 2.45) is 11.0 Å². The second-order valence-corrected chi connectivity index (χ2v) is 6.66. The Hall–Kier alpha value is -3.00. The maximum atomic E-state index is 10.6. The molecule has 0 aliphatic carbocycles. The van der Waals surface area contributed by atoms with Crippen LogP contribution in [0.1, 0.15) is 25.0 Å². The lowest BCUT2D eigenvalue weighted by atomic mass is 10.2. The molecule has 0 aliphatic rings. The lowest BCUT2D eigenvalue weighted by molar-refractivity contribution is -0.384. The van der Waals surface area contributed by atoms with Gasteiger partial charge in [-0.25, -0.2) is 0 Å². The summed E-state index contributed by atoms with van der Waals surface area (Å²) in [5.41, 5.74) is 4.55. The highest BCUT2D eigenvalue weighted by Gasteiger charge is 2.02. The monoisotopic (exact) mass is 386 g/mol. The van der Waals surface area contributed by atoms with Crippen molar-refractivity contribution in [2.75, 3.05) is 6.61 Å². The number of non-ortho nitro benzene ring substituents is 1. The lowest BCUT2D eigenvalue weighted by Crippen LogP contribution is -2.31. The van der Waals surface area contributed by atoms with Crippen LogP contribution in [0.4, 0.5) is 5.69 Å². The van der Waals surface area contributed by atoms with Gasteiger partial charge < -0.3 is 10.1 Å². The van der Waals surface area contributed by atoms with Gasteiger partial charge in [0.25, 0.3) is 5.69 Å². The first kappa shape index (κ1) is 20.3. The van der Waals surface area contributed by atoms with E-state index in [2.05, 4.69) is 29.7 Å². The zero-order chi connectivity index (χ0) is 19.6. The highest BCUT2D eigenvalue weighted by molar-refractivity contribution is 7.80. The fourth-order valence-electron chi connectivity index (χ4n) is 2.04. The predicted octanol–water partition coefficient (Wildman–Crippen LogP) is 3.63. The summed E-state index contributed by atoms with van der Waals surface area (Å²) >= 11 is 5.17. The number of nitrogens with one attached hydrogen (secondary N) is 2. The largest absolute Gasteiger partial charge is 0.493 e. The van der Waals surface area contributed by atoms with Crippen molar-refractivity contribution in [1.29, 1.82) is 0 Å². The van der Waals surface area contributed by atoms with E-state index in [1.54, 1.807) is 18.3 Å². The second kappa shape index (κ2) is 10.2. The van der Waals surface area contributed by atoms with Crippen molar-refractivity contribution in [3.8, 4) is 5.75 Å². The van der Waals surface area contributed by atoms with E-state index in [4.69, 9.17) is 17.0 Å². The summed E-state index contributed by atoms with van der Waals surface area (Å²) in [6.07, 6.45) is 1.54. The van der Waals surface area contributed by atoms with E-state index in [0.29, 0.717) is 24.2 Å². The molecule has 2 N–H and O–H groups in total. The fraction of sp³-hybridized carbons (Fsp3) is 0.263. The molecule has 0 spiro atoms. The number of nitro groups is 1. The topological polar surface area (TPSA) is 88.8 Å². The number of thiocarbonyl (C=S) groups is 1. The molecule has 2 rings (SSSR count). The Morgan fingerprint density at radius 1 is 1.22 bits per heavy atom. The van der Waals surface area contributed by atoms with Crippen LogP contribution in [-0.4, -0.2) is 22.9 Å². The molecule has 2 aromatic carbocycles. The Labute approximate surface area is 163 Å². The van der Waals surface area contributed by atoms with Crippen molar-refractivity contribution in [1.82, 2.24) is 10.7 Å². The van der Waals surface area contributed by atoms with Gasteiger partial charge >= 0.3 is 0 Å². The maximum absolute atomic E-state index is 10.6. The number of hydrogen-bond donors (Lipinski definition) is 2. The van der Waals surface area contributed by atoms with Gasteiger partial charge in [-0.05, 0) is 53.5 Å². The second-order valence-electron chi connectivity index (χ2n) is 6.25. The summed E-state index contributed by atoms with van der Waals surface area (Å²) in [6, 6.07) is 13.9. The molecule has 142 valence electrons. The van der Waals surface area contributed by atoms with Crippen LogP contribution in [0.2, 0.25) is 0 Å². The molecule has 0 saturated heterocycles. The van der Waals surface area contributed by atoms with Gasteiger partial charge in [0.05, 0.1) is 17.7 Å². The van der Waals surface area contributed by atoms with E-state index < -0.39 is 4.92 Å². The van der Waals surface area contributed by atoms with Crippen LogP contribution in [0.5, 0.6) is 5.75 Å². The number of benzene rings is 2. The number of ether oxygens (including phenoxy) is 1. The average molecular weight is 386 g/mol. The van der Waals surface area contributed by atoms with Crippen molar-refractivity contribution in [3.05, 3.63) is 69.8 Å². The number of nitrogens with zero attached hydrogens (tertiary/aromatic N) is 2. The zero-order valence-electron chi connectivity index (χ0n) is 15.2. The minimum atomic E-state index is -0.443. The van der Waals surface area contributed by atoms with Crippen LogP contribution in [0, 0.1) is 16.0 Å². The SMILES string of the molecule is CC(C)COc1ccc(CNC(=S)NN=Cc2ccc([N+](=O)[O-])cc2)cc1. The third kappa shape index (κ3) is 7.41. The molecule has 2 aromatic rings. The third-order valence-corrected chi connectivity index (χ3v) is 3.68. The highest BCUT2D eigenvalue weighted by atomic mass is 32.1. The standard InChI is InChI=1S/C19H22N4O3S/c1-14(2)13-26-18-9-5-15(6-10-18)11-20-19(27)22-21-12-16-3-7-17(8-4-16)23(24)25/h3-10,12,14H,11,13H2,1-2H3,(H2,20,22,27). The van der Waals surface area contributed by atoms with Gasteiger partial charge in [0.15, 0.2) is 5.11 Å². The maximum Gasteiger partial charge on any atom is 0.269 e. The van der Waals surface area contributed by atoms with Gasteiger partial charge in [-0.1, -0.05) is 26.0 Å². The summed E-state index contributed by atoms with van der Waals surface area (Å²) < 4.78 is 5.65. The van der Waals surface area contributed by atoms with E-state index in [1.165, 1.54) is 12.1 Å². The molecule has 0 amide bonds. The van der Waals surface area contributed by atoms with E-state index >= 15 is 0 Å². The molecule has 0 saturated carbocycles. The quantitative estimate of drug-likeness (QED) is 0.312. The Kier molecular flexibility index (Phi) is 7.69. The van der Waals surface area contributed by atoms with Crippen molar-refractivity contribution < 1.29 is 9.66 Å². The summed E-state index contributed by atoms with van der Waals surface area (Å²) in [4.78, 5) is 10.2. The molecular formula is C19H22N4O3S. The zero-order valence-corrected chi connectivity index (χ0v) is 16.0. The Bertz CT molecular complexity index is 790. The first-order valence-corrected chi connectivity index (χ1v) is 8.88. The molecule has 7 nitrogen and oxygen atoms in total. The van der Waals surface area contributed by atoms with Crippen LogP contribution in [0.3, 0.4) is 0 Å². The van der Waals surface area contributed by atoms with Crippen molar-refractivity contribution in [3.63, 3.8) is 0 Å². The number of hydrazone groups is 1. The Balaban J connectivity index is 1.74. The molecule has 0 unspecified atom stereocenters. The number of rotatable bonds is 8. The van der Waals surface area contributed by atoms with Crippen LogP contribution >= 0.6 is 12.2 Å². The number of nitro benzene ring substituents is 1. The number of hydrogen-bond acceptors (Lipinski definition) is 5. The lowest BCUT2D eigenvalue weighted by Gasteiger charge is -2.10. The van der Waals surface area contributed by atoms with Crippen LogP contribution in [0.25, 0.3) is 0 Å². The first-order chi connectivity index (χ1) is 12.9. The molecule has 0 fully saturated rings. The minimum Gasteiger partial charge on any atom is -0.493 e. The van der Waals surface area contributed by atoms with E-state index in [9.17, 15) is 10.1 Å². The molecule has 0 aromatic heterocycles. The van der Waals surface area contributed by atoms with E-state index in [1.807, 2.05) is 24.3 Å². The summed E-state index contributed by atoms with van der Waals surface area (Å²) in [5, 5.41) is 18.1. The average Bonchev–Trinajstić information content (AvgIpc) is 2.66. The molecule has 27 heavy (non-hydrogen) atoms. The molecule has 0 bridgehead atoms. The fourth-order valence-corrected chi connectivity index (χ4v) is 2.16. The van der Waals surface area contributed by atoms with Gasteiger partial charge in [0.1, 0.15) is 5.75 Å². The molecule has 8 heteroatoms. The van der Waals surface area contributed by atoms with Crippen LogP contribution < -0.4 is 15.5 Å². The molecule has 0 radical (unpaired) electrons. The molecular weight excluding hydrogens is 364 g/mol. The van der Waals surface area contributed by atoms with Gasteiger partial charge in [0.2, 0.25) is 0 Å². The third-order valence-electron chi connectivity index (χ3n) is 3.44. The summed E-state index contributed by atoms with van der Waals surface area (Å²) in [5.74, 6) is 1.34. The van der Waals surface area contributed by atoms with Crippen LogP contribution in [0.15, 0.2) is 53.6 Å². The predicted molar refractivity (Wildman–Crippen MR) is 110 cm³/mol. The molecule has 0 atom stereocenters. The van der Waals surface area contributed by atoms with Gasteiger partial charge in [-0.2, -0.15) is 5.10 Å². The normalized spacial score (nSPS) is 10.8. The van der Waals surface area contributed by atoms with E-state index in [0.717, 1.165) is 16.9 Å². The van der Waals surface area contributed by atoms with Crippen LogP contribution in [-0.2, 0) is 6.54 Å². The van der Waals surface area contributed by atoms with Gasteiger partial charge in [-0.3, -0.25) is 15.5 Å². The van der Waals surface area contributed by atoms with Crippen molar-refractivity contribution >= 4 is 29.2 Å². The van der Waals surface area contributed by atoms with Crippen molar-refractivity contribution in [2.45, 2.75) is 20.4 Å². The van der Waals surface area contributed by atoms with E-state index in [-0.39, 0.29) is 5.69 Å². The molecule has 0 heterocycles. The summed E-state index contributed by atoms with van der Waals surface area (Å²) in [7, 11) is 0. The summed E-state index contributed by atoms with van der Waals surface area (Å²) in [6.45, 7) is 5.47. The smallest absolute Gasteiger partial charge is 0.269 e. The molecule has 0 aliphatic heterocycles. The highest BCUT2D eigenvalue weighted by Crippen LogP contribution is 2.13. The Morgan fingerprint density at radius 3 is 2.48 bits per heavy atom. The minimum absolute atomic E-state index is 0.0397.